The third-order valence-electron chi connectivity index (χ3n) is 2.33. The lowest BCUT2D eigenvalue weighted by Gasteiger charge is -2.10. The minimum absolute atomic E-state index is 0.633. The summed E-state index contributed by atoms with van der Waals surface area (Å²) in [5.74, 6) is 0. The van der Waals surface area contributed by atoms with Gasteiger partial charge < -0.3 is 5.11 Å². The first-order chi connectivity index (χ1) is 7.27. The molecule has 15 heavy (non-hydrogen) atoms. The van der Waals surface area contributed by atoms with Crippen molar-refractivity contribution in [2.24, 2.45) is 0 Å². The van der Waals surface area contributed by atoms with E-state index in [0.717, 1.165) is 11.1 Å². The van der Waals surface area contributed by atoms with E-state index in [0.29, 0.717) is 5.69 Å². The Balaban J connectivity index is 2.32. The fraction of sp³-hybridized carbons (Fsp3) is 0.154. The molecule has 0 radical (unpaired) electrons. The lowest BCUT2D eigenvalue weighted by atomic mass is 10.0. The zero-order chi connectivity index (χ0) is 10.7. The molecule has 0 aliphatic carbocycles. The molecule has 2 heteroatoms. The maximum Gasteiger partial charge on any atom is 0.121 e. The fourth-order valence-electron chi connectivity index (χ4n) is 1.55. The van der Waals surface area contributed by atoms with Crippen molar-refractivity contribution in [2.75, 3.05) is 0 Å². The van der Waals surface area contributed by atoms with Crippen molar-refractivity contribution < 1.29 is 5.11 Å². The molecule has 0 spiro atoms. The van der Waals surface area contributed by atoms with Gasteiger partial charge in [0.15, 0.2) is 0 Å². The van der Waals surface area contributed by atoms with Crippen molar-refractivity contribution >= 4 is 0 Å². The van der Waals surface area contributed by atoms with Crippen molar-refractivity contribution in [3.05, 3.63) is 65.5 Å². The number of hydrogen-bond donors (Lipinski definition) is 1. The second-order valence-electron chi connectivity index (χ2n) is 3.57. The van der Waals surface area contributed by atoms with Gasteiger partial charge in [-0.25, -0.2) is 0 Å². The summed E-state index contributed by atoms with van der Waals surface area (Å²) in [7, 11) is 0. The highest BCUT2D eigenvalue weighted by Gasteiger charge is 2.10. The summed E-state index contributed by atoms with van der Waals surface area (Å²) in [6.07, 6.45) is 1.06. The van der Waals surface area contributed by atoms with E-state index in [1.807, 2.05) is 49.4 Å². The minimum Gasteiger partial charge on any atom is -0.382 e. The molecule has 1 N–H and O–H groups in total. The Labute approximate surface area is 89.2 Å². The van der Waals surface area contributed by atoms with Crippen LogP contribution in [0.1, 0.15) is 22.9 Å². The molecule has 0 unspecified atom stereocenters. The summed E-state index contributed by atoms with van der Waals surface area (Å²) < 4.78 is 0. The monoisotopic (exact) mass is 199 g/mol. The summed E-state index contributed by atoms with van der Waals surface area (Å²) in [4.78, 5) is 4.13. The van der Waals surface area contributed by atoms with Gasteiger partial charge in [-0.1, -0.05) is 35.9 Å². The van der Waals surface area contributed by atoms with Crippen LogP contribution in [-0.4, -0.2) is 10.1 Å². The minimum atomic E-state index is -0.633. The Kier molecular flexibility index (Phi) is 2.79. The summed E-state index contributed by atoms with van der Waals surface area (Å²) in [6.45, 7) is 2.01. The molecule has 0 aliphatic rings. The normalized spacial score (nSPS) is 12.4. The van der Waals surface area contributed by atoms with Crippen molar-refractivity contribution in [3.8, 4) is 0 Å². The largest absolute Gasteiger partial charge is 0.382 e. The quantitative estimate of drug-likeness (QED) is 0.806. The average Bonchev–Trinajstić information content (AvgIpc) is 2.29. The van der Waals surface area contributed by atoms with Gasteiger partial charge in [-0.3, -0.25) is 4.98 Å². The average molecular weight is 199 g/mol. The molecule has 1 aromatic heterocycles. The van der Waals surface area contributed by atoms with Crippen LogP contribution in [0.3, 0.4) is 0 Å². The Morgan fingerprint density at radius 3 is 2.67 bits per heavy atom. The summed E-state index contributed by atoms with van der Waals surface area (Å²) in [5, 5.41) is 10.1. The molecular weight excluding hydrogens is 186 g/mol. The highest BCUT2D eigenvalue weighted by Crippen LogP contribution is 2.20. The topological polar surface area (TPSA) is 33.1 Å². The zero-order valence-corrected chi connectivity index (χ0v) is 8.59. The number of aliphatic hydroxyl groups excluding tert-OH is 1. The number of nitrogens with zero attached hydrogens (tertiary/aromatic N) is 1. The van der Waals surface area contributed by atoms with Gasteiger partial charge in [0.1, 0.15) is 6.10 Å². The number of aryl methyl sites for hydroxylation is 1. The first kappa shape index (κ1) is 9.87. The third-order valence-corrected chi connectivity index (χ3v) is 2.33. The molecule has 1 heterocycles. The van der Waals surface area contributed by atoms with Crippen molar-refractivity contribution in [3.63, 3.8) is 0 Å². The van der Waals surface area contributed by atoms with E-state index < -0.39 is 6.10 Å². The van der Waals surface area contributed by atoms with E-state index in [1.165, 1.54) is 0 Å². The Bertz CT molecular complexity index is 439. The van der Waals surface area contributed by atoms with E-state index in [9.17, 15) is 5.11 Å². The molecular formula is C13H13NO. The van der Waals surface area contributed by atoms with Gasteiger partial charge >= 0.3 is 0 Å². The van der Waals surface area contributed by atoms with Gasteiger partial charge in [-0.2, -0.15) is 0 Å². The third kappa shape index (κ3) is 2.22. The number of aromatic nitrogens is 1. The van der Waals surface area contributed by atoms with Crippen LogP contribution in [0.4, 0.5) is 0 Å². The Hall–Kier alpha value is -1.67. The van der Waals surface area contributed by atoms with E-state index in [2.05, 4.69) is 4.98 Å². The van der Waals surface area contributed by atoms with Gasteiger partial charge in [-0.15, -0.1) is 0 Å². The van der Waals surface area contributed by atoms with Crippen LogP contribution in [0, 0.1) is 6.92 Å². The van der Waals surface area contributed by atoms with Gasteiger partial charge in [-0.05, 0) is 24.6 Å². The van der Waals surface area contributed by atoms with Crippen molar-refractivity contribution in [1.82, 2.24) is 4.98 Å². The van der Waals surface area contributed by atoms with E-state index in [4.69, 9.17) is 0 Å². The molecule has 76 valence electrons. The van der Waals surface area contributed by atoms with Gasteiger partial charge in [0.05, 0.1) is 5.69 Å². The SMILES string of the molecule is Cc1cccc([C@@H](O)c2ccccn2)c1. The van der Waals surface area contributed by atoms with Crippen LogP contribution < -0.4 is 0 Å². The second-order valence-corrected chi connectivity index (χ2v) is 3.57. The molecule has 0 amide bonds. The second kappa shape index (κ2) is 4.24. The molecule has 0 bridgehead atoms. The van der Waals surface area contributed by atoms with Crippen LogP contribution >= 0.6 is 0 Å². The van der Waals surface area contributed by atoms with E-state index in [-0.39, 0.29) is 0 Å². The Morgan fingerprint density at radius 1 is 1.13 bits per heavy atom. The predicted molar refractivity (Wildman–Crippen MR) is 59.5 cm³/mol. The molecule has 0 saturated carbocycles. The van der Waals surface area contributed by atoms with Crippen LogP contribution in [0.5, 0.6) is 0 Å². The first-order valence-corrected chi connectivity index (χ1v) is 4.93. The number of rotatable bonds is 2. The molecule has 1 atom stereocenters. The standard InChI is InChI=1S/C13H13NO/c1-10-5-4-6-11(9-10)13(15)12-7-2-3-8-14-12/h2-9,13,15H,1H3/t13-/m1/s1. The maximum absolute atomic E-state index is 10.1. The molecule has 1 aromatic carbocycles. The molecule has 0 fully saturated rings. The van der Waals surface area contributed by atoms with Crippen molar-refractivity contribution in [2.45, 2.75) is 13.0 Å². The smallest absolute Gasteiger partial charge is 0.121 e. The van der Waals surface area contributed by atoms with Gasteiger partial charge in [0.2, 0.25) is 0 Å². The number of pyridine rings is 1. The summed E-state index contributed by atoms with van der Waals surface area (Å²) in [5.41, 5.74) is 2.71. The van der Waals surface area contributed by atoms with Crippen LogP contribution in [0.2, 0.25) is 0 Å². The van der Waals surface area contributed by atoms with Crippen LogP contribution in [0.25, 0.3) is 0 Å². The lowest BCUT2D eigenvalue weighted by molar-refractivity contribution is 0.215. The first-order valence-electron chi connectivity index (χ1n) is 4.93. The zero-order valence-electron chi connectivity index (χ0n) is 8.59. The maximum atomic E-state index is 10.1. The molecule has 2 nitrogen and oxygen atoms in total. The number of aliphatic hydroxyl groups is 1. The molecule has 2 rings (SSSR count). The molecule has 2 aromatic rings. The lowest BCUT2D eigenvalue weighted by Crippen LogP contribution is -2.01. The fourth-order valence-corrected chi connectivity index (χ4v) is 1.55. The Morgan fingerprint density at radius 2 is 2.00 bits per heavy atom. The van der Waals surface area contributed by atoms with Crippen LogP contribution in [-0.2, 0) is 0 Å². The molecule has 0 saturated heterocycles. The van der Waals surface area contributed by atoms with Gasteiger partial charge in [0.25, 0.3) is 0 Å². The van der Waals surface area contributed by atoms with Crippen LogP contribution in [0.15, 0.2) is 48.7 Å². The van der Waals surface area contributed by atoms with E-state index >= 15 is 0 Å². The highest BCUT2D eigenvalue weighted by atomic mass is 16.3. The number of benzene rings is 1. The van der Waals surface area contributed by atoms with E-state index in [1.54, 1.807) is 6.20 Å². The molecule has 0 aliphatic heterocycles. The predicted octanol–water partition coefficient (Wildman–Crippen LogP) is 2.47. The summed E-state index contributed by atoms with van der Waals surface area (Å²) >= 11 is 0. The summed E-state index contributed by atoms with van der Waals surface area (Å²) in [6, 6.07) is 13.4. The van der Waals surface area contributed by atoms with Gasteiger partial charge in [0, 0.05) is 6.20 Å². The number of hydrogen-bond acceptors (Lipinski definition) is 2. The van der Waals surface area contributed by atoms with Crippen molar-refractivity contribution in [1.29, 1.82) is 0 Å². The highest BCUT2D eigenvalue weighted by molar-refractivity contribution is 5.29.